The fourth-order valence-corrected chi connectivity index (χ4v) is 4.30. The second-order valence-electron chi connectivity index (χ2n) is 7.55. The molecule has 0 saturated heterocycles. The Morgan fingerprint density at radius 2 is 1.57 bits per heavy atom. The zero-order valence-electron chi connectivity index (χ0n) is 16.0. The van der Waals surface area contributed by atoms with E-state index in [0.29, 0.717) is 5.96 Å². The fraction of sp³-hybridized carbons (Fsp3) is 0.160. The molecule has 0 atom stereocenters. The molecule has 28 heavy (non-hydrogen) atoms. The van der Waals surface area contributed by atoms with Gasteiger partial charge in [0.15, 0.2) is 5.96 Å². The molecule has 1 aliphatic carbocycles. The maximum atomic E-state index is 6.40. The van der Waals surface area contributed by atoms with Gasteiger partial charge >= 0.3 is 0 Å². The van der Waals surface area contributed by atoms with Crippen molar-refractivity contribution in [1.29, 1.82) is 0 Å². The van der Waals surface area contributed by atoms with E-state index in [-0.39, 0.29) is 0 Å². The Morgan fingerprint density at radius 3 is 2.46 bits per heavy atom. The van der Waals surface area contributed by atoms with Crippen molar-refractivity contribution in [3.05, 3.63) is 89.5 Å². The van der Waals surface area contributed by atoms with Crippen LogP contribution in [-0.2, 0) is 19.4 Å². The van der Waals surface area contributed by atoms with Gasteiger partial charge in [-0.05, 0) is 51.8 Å². The van der Waals surface area contributed by atoms with Crippen LogP contribution >= 0.6 is 0 Å². The molecule has 1 aliphatic rings. The van der Waals surface area contributed by atoms with Crippen LogP contribution in [0.1, 0.15) is 16.7 Å². The lowest BCUT2D eigenvalue weighted by Crippen LogP contribution is -2.33. The average molecular weight is 365 g/mol. The van der Waals surface area contributed by atoms with Gasteiger partial charge in [0, 0.05) is 19.0 Å². The van der Waals surface area contributed by atoms with Gasteiger partial charge in [0.05, 0.1) is 5.69 Å². The van der Waals surface area contributed by atoms with Gasteiger partial charge in [-0.1, -0.05) is 66.7 Å². The number of fused-ring (bicyclic) bond motifs is 1. The van der Waals surface area contributed by atoms with E-state index in [4.69, 9.17) is 10.7 Å². The van der Waals surface area contributed by atoms with Crippen molar-refractivity contribution in [1.82, 2.24) is 4.90 Å². The van der Waals surface area contributed by atoms with E-state index in [1.807, 2.05) is 11.9 Å². The Labute approximate surface area is 165 Å². The van der Waals surface area contributed by atoms with Crippen molar-refractivity contribution in [2.75, 3.05) is 7.05 Å². The van der Waals surface area contributed by atoms with E-state index in [2.05, 4.69) is 72.8 Å². The maximum Gasteiger partial charge on any atom is 0.196 e. The molecular formula is C25H23N3. The molecule has 0 unspecified atom stereocenters. The summed E-state index contributed by atoms with van der Waals surface area (Å²) in [6.07, 6.45) is 2.24. The summed E-state index contributed by atoms with van der Waals surface area (Å²) < 4.78 is 0. The van der Waals surface area contributed by atoms with Crippen LogP contribution in [0.15, 0.2) is 77.8 Å². The number of aliphatic imine (C=N–C) groups is 1. The first kappa shape index (κ1) is 16.8. The number of nitrogens with two attached hydrogens (primary N) is 1. The van der Waals surface area contributed by atoms with Crippen molar-refractivity contribution in [2.45, 2.75) is 19.4 Å². The number of guanidine groups is 1. The predicted molar refractivity (Wildman–Crippen MR) is 118 cm³/mol. The summed E-state index contributed by atoms with van der Waals surface area (Å²) in [6, 6.07) is 25.7. The standard InChI is InChI=1S/C25H23N3/c1-28(16-20-9-4-7-17-6-2-3-10-21(17)20)25(26)27-23-15-14-19-13-12-18-8-5-11-22(23)24(18)19/h2-11,14-15H,12-13,16H2,1H3,(H2,26,27). The van der Waals surface area contributed by atoms with E-state index in [1.54, 1.807) is 0 Å². The van der Waals surface area contributed by atoms with Crippen LogP contribution in [0.2, 0.25) is 0 Å². The summed E-state index contributed by atoms with van der Waals surface area (Å²) in [5.74, 6) is 0.534. The number of hydrogen-bond acceptors (Lipinski definition) is 1. The summed E-state index contributed by atoms with van der Waals surface area (Å²) in [7, 11) is 2.00. The van der Waals surface area contributed by atoms with E-state index >= 15 is 0 Å². The number of rotatable bonds is 3. The van der Waals surface area contributed by atoms with Gasteiger partial charge in [-0.15, -0.1) is 0 Å². The molecule has 3 nitrogen and oxygen atoms in total. The first-order valence-electron chi connectivity index (χ1n) is 9.76. The van der Waals surface area contributed by atoms with Crippen LogP contribution in [0.5, 0.6) is 0 Å². The highest BCUT2D eigenvalue weighted by Crippen LogP contribution is 2.36. The van der Waals surface area contributed by atoms with E-state index < -0.39 is 0 Å². The number of aryl methyl sites for hydroxylation is 2. The van der Waals surface area contributed by atoms with Crippen molar-refractivity contribution >= 4 is 33.2 Å². The predicted octanol–water partition coefficient (Wildman–Crippen LogP) is 5.17. The van der Waals surface area contributed by atoms with Gasteiger partial charge in [-0.25, -0.2) is 4.99 Å². The first-order chi connectivity index (χ1) is 13.7. The summed E-state index contributed by atoms with van der Waals surface area (Å²) in [4.78, 5) is 6.81. The third-order valence-corrected chi connectivity index (χ3v) is 5.77. The smallest absolute Gasteiger partial charge is 0.196 e. The van der Waals surface area contributed by atoms with Gasteiger partial charge in [-0.3, -0.25) is 0 Å². The maximum absolute atomic E-state index is 6.40. The highest BCUT2D eigenvalue weighted by molar-refractivity contribution is 6.00. The molecule has 4 aromatic carbocycles. The van der Waals surface area contributed by atoms with Crippen molar-refractivity contribution in [2.24, 2.45) is 10.7 Å². The Morgan fingerprint density at radius 1 is 0.857 bits per heavy atom. The lowest BCUT2D eigenvalue weighted by molar-refractivity contribution is 0.497. The van der Waals surface area contributed by atoms with Gasteiger partial charge in [-0.2, -0.15) is 0 Å². The molecule has 138 valence electrons. The molecule has 0 saturated carbocycles. The topological polar surface area (TPSA) is 41.6 Å². The molecule has 0 aromatic heterocycles. The minimum atomic E-state index is 0.534. The van der Waals surface area contributed by atoms with E-state index in [0.717, 1.165) is 25.1 Å². The molecule has 2 N–H and O–H groups in total. The highest BCUT2D eigenvalue weighted by atomic mass is 15.2. The van der Waals surface area contributed by atoms with E-state index in [9.17, 15) is 0 Å². The molecule has 0 aliphatic heterocycles. The largest absolute Gasteiger partial charge is 0.369 e. The van der Waals surface area contributed by atoms with Crippen LogP contribution in [0.4, 0.5) is 5.69 Å². The van der Waals surface area contributed by atoms with Crippen molar-refractivity contribution < 1.29 is 0 Å². The molecule has 3 heteroatoms. The molecule has 0 amide bonds. The normalized spacial score (nSPS) is 13.4. The SMILES string of the molecule is CN(Cc1cccc2ccccc12)C(N)=Nc1ccc2c3c(cccc13)CC2. The number of hydrogen-bond donors (Lipinski definition) is 1. The average Bonchev–Trinajstić information content (AvgIpc) is 3.15. The second-order valence-corrected chi connectivity index (χ2v) is 7.55. The molecule has 0 bridgehead atoms. The quantitative estimate of drug-likeness (QED) is 0.402. The lowest BCUT2D eigenvalue weighted by Gasteiger charge is -2.19. The molecule has 5 rings (SSSR count). The molecule has 0 radical (unpaired) electrons. The Bertz CT molecular complexity index is 1210. The van der Waals surface area contributed by atoms with Gasteiger partial charge < -0.3 is 10.6 Å². The first-order valence-corrected chi connectivity index (χ1v) is 9.76. The van der Waals surface area contributed by atoms with Crippen LogP contribution in [0.3, 0.4) is 0 Å². The third-order valence-electron chi connectivity index (χ3n) is 5.77. The van der Waals surface area contributed by atoms with Crippen LogP contribution < -0.4 is 5.73 Å². The van der Waals surface area contributed by atoms with Crippen LogP contribution in [0, 0.1) is 0 Å². The van der Waals surface area contributed by atoms with Crippen molar-refractivity contribution in [3.8, 4) is 0 Å². The van der Waals surface area contributed by atoms with Gasteiger partial charge in [0.25, 0.3) is 0 Å². The van der Waals surface area contributed by atoms with E-state index in [1.165, 1.54) is 38.2 Å². The zero-order valence-corrected chi connectivity index (χ0v) is 16.0. The minimum Gasteiger partial charge on any atom is -0.369 e. The summed E-state index contributed by atoms with van der Waals surface area (Å²) in [6.45, 7) is 0.720. The molecule has 0 fully saturated rings. The number of nitrogens with zero attached hydrogens (tertiary/aromatic N) is 2. The van der Waals surface area contributed by atoms with Crippen LogP contribution in [0.25, 0.3) is 21.5 Å². The molecular weight excluding hydrogens is 342 g/mol. The second kappa shape index (κ2) is 6.68. The Hall–Kier alpha value is -3.33. The minimum absolute atomic E-state index is 0.534. The molecule has 4 aromatic rings. The monoisotopic (exact) mass is 365 g/mol. The molecule has 0 spiro atoms. The summed E-state index contributed by atoms with van der Waals surface area (Å²) in [5.41, 5.74) is 11.4. The Balaban J connectivity index is 1.49. The van der Waals surface area contributed by atoms with Crippen LogP contribution in [-0.4, -0.2) is 17.9 Å². The third kappa shape index (κ3) is 2.80. The van der Waals surface area contributed by atoms with Crippen molar-refractivity contribution in [3.63, 3.8) is 0 Å². The summed E-state index contributed by atoms with van der Waals surface area (Å²) in [5, 5.41) is 5.08. The Kier molecular flexibility index (Phi) is 4.01. The van der Waals surface area contributed by atoms with Gasteiger partial charge in [0.2, 0.25) is 0 Å². The molecule has 0 heterocycles. The summed E-state index contributed by atoms with van der Waals surface area (Å²) >= 11 is 0. The highest BCUT2D eigenvalue weighted by Gasteiger charge is 2.16. The number of benzene rings is 4. The lowest BCUT2D eigenvalue weighted by atomic mass is 10.0. The van der Waals surface area contributed by atoms with Gasteiger partial charge in [0.1, 0.15) is 0 Å². The zero-order chi connectivity index (χ0) is 19.1. The fourth-order valence-electron chi connectivity index (χ4n) is 4.30.